The van der Waals surface area contributed by atoms with E-state index in [9.17, 15) is 5.11 Å². The molecule has 4 aliphatic rings. The van der Waals surface area contributed by atoms with Crippen LogP contribution in [0.4, 0.5) is 0 Å². The molecule has 0 aromatic carbocycles. The molecule has 4 aliphatic carbocycles. The molecule has 6 atom stereocenters. The van der Waals surface area contributed by atoms with E-state index in [4.69, 9.17) is 6.42 Å². The van der Waals surface area contributed by atoms with Crippen molar-refractivity contribution in [2.45, 2.75) is 70.3 Å². The summed E-state index contributed by atoms with van der Waals surface area (Å²) in [6.07, 6.45) is 19.4. The molecule has 0 spiro atoms. The molecule has 0 unspecified atom stereocenters. The molecule has 0 radical (unpaired) electrons. The van der Waals surface area contributed by atoms with E-state index in [-0.39, 0.29) is 5.41 Å². The highest BCUT2D eigenvalue weighted by Gasteiger charge is 2.61. The number of hydrogen-bond acceptors (Lipinski definition) is 1. The van der Waals surface area contributed by atoms with Crippen LogP contribution in [0.3, 0.4) is 0 Å². The van der Waals surface area contributed by atoms with Crippen molar-refractivity contribution in [3.8, 4) is 12.3 Å². The van der Waals surface area contributed by atoms with E-state index in [1.54, 1.807) is 5.57 Å². The molecule has 0 saturated heterocycles. The van der Waals surface area contributed by atoms with Crippen LogP contribution in [0, 0.1) is 41.4 Å². The molecule has 0 amide bonds. The van der Waals surface area contributed by atoms with Crippen LogP contribution in [-0.2, 0) is 0 Å². The third kappa shape index (κ3) is 1.75. The smallest absolute Gasteiger partial charge is 0.130 e. The highest BCUT2D eigenvalue weighted by atomic mass is 16.3. The fourth-order valence-electron chi connectivity index (χ4n) is 6.56. The first-order valence-electron chi connectivity index (χ1n) is 8.98. The van der Waals surface area contributed by atoms with Crippen LogP contribution in [0.5, 0.6) is 0 Å². The highest BCUT2D eigenvalue weighted by molar-refractivity contribution is 5.25. The summed E-state index contributed by atoms with van der Waals surface area (Å²) in [6.45, 7) is 2.28. The molecule has 0 heterocycles. The average molecular weight is 284 g/mol. The largest absolute Gasteiger partial charge is 0.377 e. The number of aliphatic hydroxyl groups is 1. The van der Waals surface area contributed by atoms with E-state index in [1.807, 2.05) is 0 Å². The van der Waals surface area contributed by atoms with Gasteiger partial charge in [0, 0.05) is 5.41 Å². The van der Waals surface area contributed by atoms with Crippen LogP contribution in [-0.4, -0.2) is 10.7 Å². The molecule has 0 aliphatic heterocycles. The van der Waals surface area contributed by atoms with Crippen molar-refractivity contribution in [1.82, 2.24) is 0 Å². The summed E-state index contributed by atoms with van der Waals surface area (Å²) in [4.78, 5) is 0. The topological polar surface area (TPSA) is 20.2 Å². The highest BCUT2D eigenvalue weighted by Crippen LogP contribution is 2.64. The Hall–Kier alpha value is -0.740. The lowest BCUT2D eigenvalue weighted by Crippen LogP contribution is -2.52. The van der Waals surface area contributed by atoms with Crippen molar-refractivity contribution < 1.29 is 5.11 Å². The third-order valence-electron chi connectivity index (χ3n) is 7.77. The maximum atomic E-state index is 10.9. The van der Waals surface area contributed by atoms with Gasteiger partial charge in [-0.15, -0.1) is 6.42 Å². The zero-order valence-electron chi connectivity index (χ0n) is 13.3. The average Bonchev–Trinajstić information content (AvgIpc) is 2.79. The molecule has 21 heavy (non-hydrogen) atoms. The first-order chi connectivity index (χ1) is 10.1. The predicted octanol–water partition coefficient (Wildman–Crippen LogP) is 4.31. The lowest BCUT2D eigenvalue weighted by molar-refractivity contribution is -0.0857. The Morgan fingerprint density at radius 3 is 2.86 bits per heavy atom. The van der Waals surface area contributed by atoms with E-state index in [1.165, 1.54) is 38.5 Å². The maximum Gasteiger partial charge on any atom is 0.130 e. The lowest BCUT2D eigenvalue weighted by atomic mass is 9.50. The number of hydrogen-bond donors (Lipinski definition) is 1. The normalized spacial score (nSPS) is 52.1. The van der Waals surface area contributed by atoms with Crippen LogP contribution >= 0.6 is 0 Å². The molecule has 3 fully saturated rings. The lowest BCUT2D eigenvalue weighted by Gasteiger charge is -2.54. The van der Waals surface area contributed by atoms with Crippen molar-refractivity contribution in [2.24, 2.45) is 29.1 Å². The van der Waals surface area contributed by atoms with Crippen molar-refractivity contribution in [3.63, 3.8) is 0 Å². The summed E-state index contributed by atoms with van der Waals surface area (Å²) in [5.41, 5.74) is 0.903. The van der Waals surface area contributed by atoms with Gasteiger partial charge in [0.2, 0.25) is 0 Å². The molecule has 3 saturated carbocycles. The fraction of sp³-hybridized carbons (Fsp3) is 0.800. The fourth-order valence-corrected chi connectivity index (χ4v) is 6.56. The Bertz CT molecular complexity index is 512. The van der Waals surface area contributed by atoms with E-state index in [2.05, 4.69) is 18.9 Å². The van der Waals surface area contributed by atoms with Crippen LogP contribution in [0.1, 0.15) is 64.7 Å². The summed E-state index contributed by atoms with van der Waals surface area (Å²) < 4.78 is 0. The summed E-state index contributed by atoms with van der Waals surface area (Å²) in [7, 11) is 0. The molecule has 1 heteroatoms. The molecular weight excluding hydrogens is 256 g/mol. The van der Waals surface area contributed by atoms with Gasteiger partial charge in [-0.3, -0.25) is 0 Å². The Morgan fingerprint density at radius 1 is 1.19 bits per heavy atom. The van der Waals surface area contributed by atoms with Gasteiger partial charge in [-0.05, 0) is 81.5 Å². The van der Waals surface area contributed by atoms with Gasteiger partial charge in [0.15, 0.2) is 0 Å². The van der Waals surface area contributed by atoms with Gasteiger partial charge in [-0.25, -0.2) is 0 Å². The molecule has 4 rings (SSSR count). The molecule has 114 valence electrons. The molecule has 1 N–H and O–H groups in total. The predicted molar refractivity (Wildman–Crippen MR) is 85.5 cm³/mol. The SMILES string of the molecule is C#C[C@@]1(O)CC[C@@H]2[C@H]3CCC4=CCCC[C@H]4[C@@H]3CC[C@]21C. The van der Waals surface area contributed by atoms with E-state index < -0.39 is 5.60 Å². The quantitative estimate of drug-likeness (QED) is 0.519. The first-order valence-corrected chi connectivity index (χ1v) is 8.98. The Kier molecular flexibility index (Phi) is 3.06. The Labute approximate surface area is 129 Å². The van der Waals surface area contributed by atoms with E-state index in [0.29, 0.717) is 5.92 Å². The number of rotatable bonds is 0. The van der Waals surface area contributed by atoms with Gasteiger partial charge in [0.05, 0.1) is 0 Å². The minimum Gasteiger partial charge on any atom is -0.377 e. The summed E-state index contributed by atoms with van der Waals surface area (Å²) in [6, 6.07) is 0. The van der Waals surface area contributed by atoms with E-state index >= 15 is 0 Å². The second-order valence-electron chi connectivity index (χ2n) is 8.29. The van der Waals surface area contributed by atoms with Gasteiger partial charge in [0.25, 0.3) is 0 Å². The monoisotopic (exact) mass is 284 g/mol. The maximum absolute atomic E-state index is 10.9. The second-order valence-corrected chi connectivity index (χ2v) is 8.29. The van der Waals surface area contributed by atoms with Crippen LogP contribution in [0.2, 0.25) is 0 Å². The summed E-state index contributed by atoms with van der Waals surface area (Å²) in [5, 5.41) is 10.9. The van der Waals surface area contributed by atoms with Crippen molar-refractivity contribution >= 4 is 0 Å². The summed E-state index contributed by atoms with van der Waals surface area (Å²) >= 11 is 0. The molecule has 0 aromatic heterocycles. The van der Waals surface area contributed by atoms with Gasteiger partial charge < -0.3 is 5.11 Å². The number of terminal acetylenes is 1. The molecule has 1 nitrogen and oxygen atoms in total. The van der Waals surface area contributed by atoms with Gasteiger partial charge in [-0.2, -0.15) is 0 Å². The number of fused-ring (bicyclic) bond motifs is 5. The molecule has 0 aromatic rings. The van der Waals surface area contributed by atoms with Gasteiger partial charge in [0.1, 0.15) is 5.60 Å². The molecule has 0 bridgehead atoms. The van der Waals surface area contributed by atoms with Crippen molar-refractivity contribution in [1.29, 1.82) is 0 Å². The number of allylic oxidation sites excluding steroid dienone is 2. The minimum atomic E-state index is -0.842. The standard InChI is InChI=1S/C20H28O/c1-3-20(21)13-11-18-17-9-8-14-6-4-5-7-15(14)16(17)10-12-19(18,20)2/h1,6,15-18,21H,4-5,7-13H2,2H3/t15-,16+,17+,18-,19-,20-/m1/s1. The van der Waals surface area contributed by atoms with Crippen molar-refractivity contribution in [3.05, 3.63) is 11.6 Å². The van der Waals surface area contributed by atoms with Crippen LogP contribution in [0.25, 0.3) is 0 Å². The zero-order chi connectivity index (χ0) is 14.7. The van der Waals surface area contributed by atoms with Gasteiger partial charge in [-0.1, -0.05) is 24.5 Å². The Balaban J connectivity index is 1.66. The molecular formula is C20H28O. The van der Waals surface area contributed by atoms with Crippen LogP contribution in [0.15, 0.2) is 11.6 Å². The summed E-state index contributed by atoms with van der Waals surface area (Å²) in [5.74, 6) is 5.98. The second kappa shape index (κ2) is 4.63. The van der Waals surface area contributed by atoms with Crippen molar-refractivity contribution in [2.75, 3.05) is 0 Å². The Morgan fingerprint density at radius 2 is 2.05 bits per heavy atom. The third-order valence-corrected chi connectivity index (χ3v) is 7.77. The zero-order valence-corrected chi connectivity index (χ0v) is 13.3. The van der Waals surface area contributed by atoms with E-state index in [0.717, 1.165) is 37.0 Å². The van der Waals surface area contributed by atoms with Gasteiger partial charge >= 0.3 is 0 Å². The minimum absolute atomic E-state index is 0.0290. The first kappa shape index (κ1) is 13.9. The van der Waals surface area contributed by atoms with Crippen LogP contribution < -0.4 is 0 Å².